The van der Waals surface area contributed by atoms with Crippen molar-refractivity contribution in [2.75, 3.05) is 32.7 Å². The molecule has 13 heteroatoms. The van der Waals surface area contributed by atoms with Crippen molar-refractivity contribution in [3.05, 3.63) is 59.1 Å². The standard InChI is InChI=1S/C24H29ClF3N3O5S/c1-23(2,3)36-22(32)31-14-12-30(13-15-31)16-21(17-4-6-18(25)7-5-17)29-37(33,34)20-10-8-19(9-11-20)35-24(26,27)28/h4-11,21,29H,12-16H2,1-3H3. The lowest BCUT2D eigenvalue weighted by Gasteiger charge is -2.37. The van der Waals surface area contributed by atoms with Gasteiger partial charge in [0.15, 0.2) is 0 Å². The van der Waals surface area contributed by atoms with Gasteiger partial charge in [0.2, 0.25) is 10.0 Å². The van der Waals surface area contributed by atoms with Crippen molar-refractivity contribution in [1.82, 2.24) is 14.5 Å². The quantitative estimate of drug-likeness (QED) is 0.520. The third kappa shape index (κ3) is 9.06. The number of amides is 1. The van der Waals surface area contributed by atoms with E-state index in [0.29, 0.717) is 36.8 Å². The summed E-state index contributed by atoms with van der Waals surface area (Å²) in [5, 5.41) is 0.483. The predicted molar refractivity (Wildman–Crippen MR) is 132 cm³/mol. The van der Waals surface area contributed by atoms with Crippen molar-refractivity contribution in [1.29, 1.82) is 0 Å². The number of alkyl halides is 3. The maximum absolute atomic E-state index is 13.1. The Hall–Kier alpha value is -2.54. The number of halogens is 4. The molecule has 1 fully saturated rings. The van der Waals surface area contributed by atoms with Gasteiger partial charge in [0.1, 0.15) is 11.4 Å². The smallest absolute Gasteiger partial charge is 0.444 e. The molecule has 1 aliphatic rings. The summed E-state index contributed by atoms with van der Waals surface area (Å²) in [6.07, 6.45) is -5.29. The highest BCUT2D eigenvalue weighted by Crippen LogP contribution is 2.26. The minimum atomic E-state index is -4.88. The van der Waals surface area contributed by atoms with Gasteiger partial charge in [-0.15, -0.1) is 13.2 Å². The molecule has 1 aliphatic heterocycles. The van der Waals surface area contributed by atoms with Crippen LogP contribution < -0.4 is 9.46 Å². The Bertz CT molecular complexity index is 1160. The molecular formula is C24H29ClF3N3O5S. The molecule has 1 heterocycles. The minimum absolute atomic E-state index is 0.212. The van der Waals surface area contributed by atoms with Gasteiger partial charge < -0.3 is 14.4 Å². The highest BCUT2D eigenvalue weighted by Gasteiger charge is 2.32. The van der Waals surface area contributed by atoms with Crippen LogP contribution in [0.4, 0.5) is 18.0 Å². The molecule has 0 saturated carbocycles. The van der Waals surface area contributed by atoms with Crippen molar-refractivity contribution in [3.8, 4) is 5.75 Å². The molecule has 1 N–H and O–H groups in total. The summed E-state index contributed by atoms with van der Waals surface area (Å²) < 4.78 is 75.4. The zero-order chi connectivity index (χ0) is 27.4. The first-order chi connectivity index (χ1) is 17.1. The normalized spacial score (nSPS) is 16.4. The molecule has 0 spiro atoms. The average Bonchev–Trinajstić information content (AvgIpc) is 2.77. The molecule has 37 heavy (non-hydrogen) atoms. The Labute approximate surface area is 219 Å². The van der Waals surface area contributed by atoms with Gasteiger partial charge in [-0.1, -0.05) is 23.7 Å². The molecule has 1 unspecified atom stereocenters. The molecule has 0 radical (unpaired) electrons. The topological polar surface area (TPSA) is 88.2 Å². The van der Waals surface area contributed by atoms with E-state index in [-0.39, 0.29) is 11.4 Å². The fraction of sp³-hybridized carbons (Fsp3) is 0.458. The Balaban J connectivity index is 1.72. The van der Waals surface area contributed by atoms with Crippen LogP contribution in [0.5, 0.6) is 5.75 Å². The zero-order valence-electron chi connectivity index (χ0n) is 20.6. The van der Waals surface area contributed by atoms with Crippen LogP contribution in [0.1, 0.15) is 32.4 Å². The highest BCUT2D eigenvalue weighted by molar-refractivity contribution is 7.89. The van der Waals surface area contributed by atoms with Crippen LogP contribution in [0.15, 0.2) is 53.4 Å². The largest absolute Gasteiger partial charge is 0.573 e. The van der Waals surface area contributed by atoms with Crippen LogP contribution >= 0.6 is 11.6 Å². The van der Waals surface area contributed by atoms with Crippen LogP contribution in [-0.2, 0) is 14.8 Å². The number of ether oxygens (including phenoxy) is 2. The lowest BCUT2D eigenvalue weighted by molar-refractivity contribution is -0.274. The van der Waals surface area contributed by atoms with Gasteiger partial charge in [-0.25, -0.2) is 17.9 Å². The Morgan fingerprint density at radius 3 is 2.08 bits per heavy atom. The van der Waals surface area contributed by atoms with Crippen molar-refractivity contribution in [2.45, 2.75) is 43.7 Å². The van der Waals surface area contributed by atoms with Crippen LogP contribution in [0.25, 0.3) is 0 Å². The summed E-state index contributed by atoms with van der Waals surface area (Å²) in [6.45, 7) is 7.48. The van der Waals surface area contributed by atoms with Crippen molar-refractivity contribution >= 4 is 27.7 Å². The number of sulfonamides is 1. The van der Waals surface area contributed by atoms with Gasteiger partial charge in [0, 0.05) is 37.7 Å². The van der Waals surface area contributed by atoms with E-state index in [1.54, 1.807) is 49.9 Å². The lowest BCUT2D eigenvalue weighted by Crippen LogP contribution is -2.51. The van der Waals surface area contributed by atoms with E-state index in [1.807, 2.05) is 4.90 Å². The van der Waals surface area contributed by atoms with Gasteiger partial charge in [0.05, 0.1) is 10.9 Å². The van der Waals surface area contributed by atoms with Gasteiger partial charge in [0.25, 0.3) is 0 Å². The molecule has 204 valence electrons. The number of hydrogen-bond acceptors (Lipinski definition) is 6. The summed E-state index contributed by atoms with van der Waals surface area (Å²) in [5.41, 5.74) is 0.0445. The third-order valence-electron chi connectivity index (χ3n) is 5.40. The second-order valence-electron chi connectivity index (χ2n) is 9.51. The van der Waals surface area contributed by atoms with Crippen LogP contribution in [-0.4, -0.2) is 69.0 Å². The number of nitrogens with zero attached hydrogens (tertiary/aromatic N) is 2. The van der Waals surface area contributed by atoms with Crippen molar-refractivity contribution in [2.24, 2.45) is 0 Å². The van der Waals surface area contributed by atoms with E-state index >= 15 is 0 Å². The van der Waals surface area contributed by atoms with Crippen LogP contribution in [0.3, 0.4) is 0 Å². The second-order valence-corrected chi connectivity index (χ2v) is 11.7. The fourth-order valence-electron chi connectivity index (χ4n) is 3.68. The van der Waals surface area contributed by atoms with Crippen molar-refractivity contribution in [3.63, 3.8) is 0 Å². The molecule has 2 aromatic rings. The maximum atomic E-state index is 13.1. The molecule has 8 nitrogen and oxygen atoms in total. The molecule has 1 saturated heterocycles. The maximum Gasteiger partial charge on any atom is 0.573 e. The van der Waals surface area contributed by atoms with Gasteiger partial charge >= 0.3 is 12.5 Å². The van der Waals surface area contributed by atoms with E-state index in [9.17, 15) is 26.4 Å². The highest BCUT2D eigenvalue weighted by atomic mass is 35.5. The summed E-state index contributed by atoms with van der Waals surface area (Å²) >= 11 is 6.00. The molecule has 1 atom stereocenters. The molecule has 2 aromatic carbocycles. The Morgan fingerprint density at radius 2 is 1.57 bits per heavy atom. The lowest BCUT2D eigenvalue weighted by atomic mass is 10.1. The number of nitrogens with one attached hydrogen (secondary N) is 1. The van der Waals surface area contributed by atoms with Gasteiger partial charge in [-0.05, 0) is 62.7 Å². The monoisotopic (exact) mass is 563 g/mol. The van der Waals surface area contributed by atoms with Crippen LogP contribution in [0.2, 0.25) is 5.02 Å². The average molecular weight is 564 g/mol. The molecule has 3 rings (SSSR count). The Morgan fingerprint density at radius 1 is 1.00 bits per heavy atom. The summed E-state index contributed by atoms with van der Waals surface area (Å²) in [7, 11) is -4.10. The number of carbonyl (C=O) groups excluding carboxylic acids is 1. The predicted octanol–water partition coefficient (Wildman–Crippen LogP) is 4.81. The van der Waals surface area contributed by atoms with E-state index in [2.05, 4.69) is 9.46 Å². The first-order valence-electron chi connectivity index (χ1n) is 11.5. The van der Waals surface area contributed by atoms with Gasteiger partial charge in [-0.3, -0.25) is 4.90 Å². The number of hydrogen-bond donors (Lipinski definition) is 1. The van der Waals surface area contributed by atoms with E-state index < -0.39 is 39.9 Å². The van der Waals surface area contributed by atoms with Crippen molar-refractivity contribution < 1.29 is 35.9 Å². The summed E-state index contributed by atoms with van der Waals surface area (Å²) in [6, 6.07) is 9.96. The fourth-order valence-corrected chi connectivity index (χ4v) is 5.02. The zero-order valence-corrected chi connectivity index (χ0v) is 22.2. The Kier molecular flexibility index (Phi) is 8.99. The first-order valence-corrected chi connectivity index (χ1v) is 13.3. The third-order valence-corrected chi connectivity index (χ3v) is 7.14. The van der Waals surface area contributed by atoms with E-state index in [0.717, 1.165) is 24.3 Å². The molecule has 0 aromatic heterocycles. The molecule has 0 aliphatic carbocycles. The summed E-state index contributed by atoms with van der Waals surface area (Å²) in [5.74, 6) is -0.524. The molecule has 0 bridgehead atoms. The molecule has 1 amide bonds. The summed E-state index contributed by atoms with van der Waals surface area (Å²) in [4.78, 5) is 15.8. The number of carbonyl (C=O) groups is 1. The second kappa shape index (κ2) is 11.5. The first kappa shape index (κ1) is 29.0. The van der Waals surface area contributed by atoms with E-state index in [1.165, 1.54) is 0 Å². The number of rotatable bonds is 7. The number of piperazine rings is 1. The van der Waals surface area contributed by atoms with E-state index in [4.69, 9.17) is 16.3 Å². The minimum Gasteiger partial charge on any atom is -0.444 e. The molecular weight excluding hydrogens is 535 g/mol. The van der Waals surface area contributed by atoms with Gasteiger partial charge in [-0.2, -0.15) is 0 Å². The van der Waals surface area contributed by atoms with Crippen LogP contribution in [0, 0.1) is 0 Å². The SMILES string of the molecule is CC(C)(C)OC(=O)N1CCN(CC(NS(=O)(=O)c2ccc(OC(F)(F)F)cc2)c2ccc(Cl)cc2)CC1. The number of benzene rings is 2.